The average Bonchev–Trinajstić information content (AvgIpc) is 3.28. The van der Waals surface area contributed by atoms with Crippen molar-refractivity contribution >= 4 is 0 Å². The molecule has 2 nitrogen and oxygen atoms in total. The lowest BCUT2D eigenvalue weighted by Gasteiger charge is -2.22. The third kappa shape index (κ3) is 4.69. The highest BCUT2D eigenvalue weighted by atomic mass is 16.5. The third-order valence-electron chi connectivity index (χ3n) is 7.24. The molecule has 5 aromatic rings. The number of ether oxygens (including phenoxy) is 1. The van der Waals surface area contributed by atoms with Gasteiger partial charge in [0.2, 0.25) is 0 Å². The molecule has 0 atom stereocenters. The van der Waals surface area contributed by atoms with E-state index in [1.807, 2.05) is 0 Å². The Balaban J connectivity index is 1.54. The van der Waals surface area contributed by atoms with Crippen molar-refractivity contribution in [2.24, 2.45) is 0 Å². The lowest BCUT2D eigenvalue weighted by Crippen LogP contribution is -2.10. The minimum atomic E-state index is -0.0132. The first-order valence-electron chi connectivity index (χ1n) is 13.0. The van der Waals surface area contributed by atoms with E-state index >= 15 is 0 Å². The highest BCUT2D eigenvalue weighted by Crippen LogP contribution is 2.49. The number of aliphatic hydroxyl groups is 1. The summed E-state index contributed by atoms with van der Waals surface area (Å²) in [4.78, 5) is 0. The van der Waals surface area contributed by atoms with Gasteiger partial charge in [0.05, 0.1) is 6.61 Å². The van der Waals surface area contributed by atoms with E-state index in [1.165, 1.54) is 38.9 Å². The first-order chi connectivity index (χ1) is 18.3. The van der Waals surface area contributed by atoms with Crippen LogP contribution < -0.4 is 4.74 Å². The monoisotopic (exact) mass is 482 g/mol. The summed E-state index contributed by atoms with van der Waals surface area (Å²) in [5.74, 6) is 1.06. The van der Waals surface area contributed by atoms with Gasteiger partial charge in [-0.05, 0) is 50.1 Å². The van der Waals surface area contributed by atoms with Gasteiger partial charge in [-0.25, -0.2) is 0 Å². The molecule has 0 fully saturated rings. The van der Waals surface area contributed by atoms with Crippen LogP contribution in [0.15, 0.2) is 121 Å². The Morgan fingerprint density at radius 1 is 0.568 bits per heavy atom. The van der Waals surface area contributed by atoms with Crippen LogP contribution in [0.25, 0.3) is 11.1 Å². The van der Waals surface area contributed by atoms with Gasteiger partial charge >= 0.3 is 0 Å². The summed E-state index contributed by atoms with van der Waals surface area (Å²) in [6.45, 7) is 0.263. The van der Waals surface area contributed by atoms with Crippen molar-refractivity contribution in [1.29, 1.82) is 0 Å². The van der Waals surface area contributed by atoms with Gasteiger partial charge in [-0.15, -0.1) is 0 Å². The molecule has 0 aliphatic heterocycles. The molecule has 0 radical (unpaired) electrons. The summed E-state index contributed by atoms with van der Waals surface area (Å²) in [7, 11) is 0. The van der Waals surface area contributed by atoms with Gasteiger partial charge in [0.15, 0.2) is 0 Å². The number of hydrogen-bond donors (Lipinski definition) is 1. The standard InChI is InChI=1S/C35H30O2/c36-19-20-37-35-28(21-25-11-3-1-4-12-25)23-27(24-29(35)22-26-13-5-2-6-14-26)34-32-17-9-7-15-30(32)31-16-8-10-18-33(31)34/h1-18,23-24,34,36H,19-22H2. The van der Waals surface area contributed by atoms with Gasteiger partial charge in [0.25, 0.3) is 0 Å². The van der Waals surface area contributed by atoms with Crippen LogP contribution in [-0.2, 0) is 12.8 Å². The lowest BCUT2D eigenvalue weighted by molar-refractivity contribution is 0.199. The molecule has 5 aromatic carbocycles. The van der Waals surface area contributed by atoms with Crippen molar-refractivity contribution < 1.29 is 9.84 Å². The summed E-state index contributed by atoms with van der Waals surface area (Å²) in [6.07, 6.45) is 1.54. The van der Waals surface area contributed by atoms with E-state index in [0.717, 1.165) is 29.7 Å². The van der Waals surface area contributed by atoms with Crippen LogP contribution in [0, 0.1) is 0 Å². The molecule has 6 rings (SSSR count). The van der Waals surface area contributed by atoms with Gasteiger partial charge in [0.1, 0.15) is 12.4 Å². The molecule has 0 aromatic heterocycles. The molecule has 1 aliphatic rings. The zero-order chi connectivity index (χ0) is 25.0. The Kier molecular flexibility index (Phi) is 6.58. The maximum Gasteiger partial charge on any atom is 0.126 e. The molecular formula is C35H30O2. The zero-order valence-electron chi connectivity index (χ0n) is 20.8. The minimum absolute atomic E-state index is 0.0132. The second kappa shape index (κ2) is 10.5. The quantitative estimate of drug-likeness (QED) is 0.245. The second-order valence-corrected chi connectivity index (χ2v) is 9.67. The molecule has 37 heavy (non-hydrogen) atoms. The van der Waals surface area contributed by atoms with E-state index in [9.17, 15) is 5.11 Å². The molecule has 0 amide bonds. The molecule has 182 valence electrons. The highest BCUT2D eigenvalue weighted by Gasteiger charge is 2.30. The van der Waals surface area contributed by atoms with Crippen LogP contribution >= 0.6 is 0 Å². The van der Waals surface area contributed by atoms with Crippen LogP contribution in [-0.4, -0.2) is 18.3 Å². The highest BCUT2D eigenvalue weighted by molar-refractivity contribution is 5.80. The number of hydrogen-bond acceptors (Lipinski definition) is 2. The molecule has 2 heteroatoms. The molecule has 0 saturated heterocycles. The fourth-order valence-corrected chi connectivity index (χ4v) is 5.69. The first-order valence-corrected chi connectivity index (χ1v) is 13.0. The third-order valence-corrected chi connectivity index (χ3v) is 7.24. The van der Waals surface area contributed by atoms with Crippen molar-refractivity contribution in [2.75, 3.05) is 13.2 Å². The van der Waals surface area contributed by atoms with Crippen molar-refractivity contribution in [3.63, 3.8) is 0 Å². The number of aliphatic hydroxyl groups excluding tert-OH is 1. The Bertz CT molecular complexity index is 1400. The molecule has 1 aliphatic carbocycles. The topological polar surface area (TPSA) is 29.5 Å². The molecule has 0 spiro atoms. The van der Waals surface area contributed by atoms with Crippen molar-refractivity contribution in [3.8, 4) is 16.9 Å². The van der Waals surface area contributed by atoms with Gasteiger partial charge in [-0.2, -0.15) is 0 Å². The van der Waals surface area contributed by atoms with Crippen LogP contribution in [0.3, 0.4) is 0 Å². The Labute approximate surface area is 218 Å². The van der Waals surface area contributed by atoms with E-state index in [2.05, 4.69) is 121 Å². The predicted molar refractivity (Wildman–Crippen MR) is 150 cm³/mol. The van der Waals surface area contributed by atoms with E-state index in [4.69, 9.17) is 4.74 Å². The molecular weight excluding hydrogens is 452 g/mol. The van der Waals surface area contributed by atoms with Gasteiger partial charge in [0, 0.05) is 18.8 Å². The van der Waals surface area contributed by atoms with Crippen LogP contribution in [0.2, 0.25) is 0 Å². The smallest absolute Gasteiger partial charge is 0.126 e. The maximum absolute atomic E-state index is 9.61. The number of fused-ring (bicyclic) bond motifs is 3. The van der Waals surface area contributed by atoms with Gasteiger partial charge in [-0.1, -0.05) is 121 Å². The largest absolute Gasteiger partial charge is 0.491 e. The minimum Gasteiger partial charge on any atom is -0.491 e. The fourth-order valence-electron chi connectivity index (χ4n) is 5.69. The van der Waals surface area contributed by atoms with Crippen molar-refractivity contribution in [2.45, 2.75) is 18.8 Å². The Morgan fingerprint density at radius 3 is 1.51 bits per heavy atom. The molecule has 0 bridgehead atoms. The summed E-state index contributed by atoms with van der Waals surface area (Å²) >= 11 is 0. The SMILES string of the molecule is OCCOc1c(Cc2ccccc2)cc(C2c3ccccc3-c3ccccc32)cc1Cc1ccccc1. The van der Waals surface area contributed by atoms with Gasteiger partial charge < -0.3 is 9.84 Å². The van der Waals surface area contributed by atoms with Crippen LogP contribution in [0.5, 0.6) is 5.75 Å². The Hall–Kier alpha value is -4.14. The summed E-state index contributed by atoms with van der Waals surface area (Å²) in [5, 5.41) is 9.61. The maximum atomic E-state index is 9.61. The van der Waals surface area contributed by atoms with Crippen molar-refractivity contribution in [3.05, 3.63) is 160 Å². The second-order valence-electron chi connectivity index (χ2n) is 9.67. The average molecular weight is 483 g/mol. The van der Waals surface area contributed by atoms with E-state index in [1.54, 1.807) is 0 Å². The predicted octanol–water partition coefficient (Wildman–Crippen LogP) is 7.40. The summed E-state index contributed by atoms with van der Waals surface area (Å²) in [5.41, 5.74) is 11.4. The zero-order valence-corrected chi connectivity index (χ0v) is 20.8. The number of rotatable bonds is 8. The van der Waals surface area contributed by atoms with E-state index in [-0.39, 0.29) is 19.1 Å². The summed E-state index contributed by atoms with van der Waals surface area (Å²) < 4.78 is 6.27. The molecule has 0 saturated carbocycles. The summed E-state index contributed by atoms with van der Waals surface area (Å²) in [6, 6.07) is 43.3. The van der Waals surface area contributed by atoms with Crippen LogP contribution in [0.1, 0.15) is 44.9 Å². The van der Waals surface area contributed by atoms with Crippen LogP contribution in [0.4, 0.5) is 0 Å². The van der Waals surface area contributed by atoms with Gasteiger partial charge in [-0.3, -0.25) is 0 Å². The normalized spacial score (nSPS) is 12.2. The number of benzene rings is 5. The molecule has 0 unspecified atom stereocenters. The molecule has 1 N–H and O–H groups in total. The Morgan fingerprint density at radius 2 is 1.03 bits per heavy atom. The van der Waals surface area contributed by atoms with E-state index in [0.29, 0.717) is 0 Å². The van der Waals surface area contributed by atoms with E-state index < -0.39 is 0 Å². The fraction of sp³-hybridized carbons (Fsp3) is 0.143. The first kappa shape index (κ1) is 23.3. The molecule has 0 heterocycles. The lowest BCUT2D eigenvalue weighted by atomic mass is 9.85. The van der Waals surface area contributed by atoms with Crippen molar-refractivity contribution in [1.82, 2.24) is 0 Å².